The summed E-state index contributed by atoms with van der Waals surface area (Å²) in [5, 5.41) is 2.93. The van der Waals surface area contributed by atoms with E-state index in [1.54, 1.807) is 32.4 Å². The summed E-state index contributed by atoms with van der Waals surface area (Å²) in [6.07, 6.45) is 3.94. The smallest absolute Gasteiger partial charge is 0.259 e. The molecule has 1 N–H and O–H groups in total. The molecular formula is C23H21N3O3. The lowest BCUT2D eigenvalue weighted by Crippen LogP contribution is -2.13. The number of pyridine rings is 1. The predicted octanol–water partition coefficient (Wildman–Crippen LogP) is 4.58. The summed E-state index contributed by atoms with van der Waals surface area (Å²) in [6.45, 7) is 2.03. The van der Waals surface area contributed by atoms with Crippen LogP contribution >= 0.6 is 0 Å². The van der Waals surface area contributed by atoms with Crippen LogP contribution in [-0.4, -0.2) is 29.5 Å². The average molecular weight is 387 g/mol. The van der Waals surface area contributed by atoms with Gasteiger partial charge < -0.3 is 19.2 Å². The summed E-state index contributed by atoms with van der Waals surface area (Å²) < 4.78 is 12.7. The highest BCUT2D eigenvalue weighted by molar-refractivity contribution is 6.07. The fourth-order valence-electron chi connectivity index (χ4n) is 3.21. The van der Waals surface area contributed by atoms with Crippen LogP contribution in [0.25, 0.3) is 16.9 Å². The number of para-hydroxylation sites is 1. The molecule has 0 aliphatic heterocycles. The molecule has 4 aromatic rings. The number of aromatic nitrogens is 2. The largest absolute Gasteiger partial charge is 0.496 e. The summed E-state index contributed by atoms with van der Waals surface area (Å²) in [5.41, 5.74) is 4.72. The number of hydrogen-bond donors (Lipinski definition) is 1. The summed E-state index contributed by atoms with van der Waals surface area (Å²) in [7, 11) is 3.11. The molecule has 0 bridgehead atoms. The fourth-order valence-corrected chi connectivity index (χ4v) is 3.21. The van der Waals surface area contributed by atoms with Gasteiger partial charge in [-0.3, -0.25) is 4.79 Å². The summed E-state index contributed by atoms with van der Waals surface area (Å²) in [4.78, 5) is 17.5. The van der Waals surface area contributed by atoms with E-state index in [2.05, 4.69) is 5.32 Å². The number of nitrogens with one attached hydrogen (secondary N) is 1. The first-order chi connectivity index (χ1) is 14.1. The lowest BCUT2D eigenvalue weighted by Gasteiger charge is -2.13. The van der Waals surface area contributed by atoms with E-state index in [4.69, 9.17) is 14.5 Å². The van der Waals surface area contributed by atoms with Crippen LogP contribution < -0.4 is 14.8 Å². The van der Waals surface area contributed by atoms with Crippen molar-refractivity contribution in [1.29, 1.82) is 0 Å². The molecule has 2 aromatic carbocycles. The molecule has 2 aromatic heterocycles. The molecule has 0 saturated heterocycles. The molecule has 0 aliphatic carbocycles. The Kier molecular flexibility index (Phi) is 4.91. The zero-order valence-corrected chi connectivity index (χ0v) is 16.5. The number of imidazole rings is 1. The highest BCUT2D eigenvalue weighted by Crippen LogP contribution is 2.31. The van der Waals surface area contributed by atoms with E-state index >= 15 is 0 Å². The third-order valence-corrected chi connectivity index (χ3v) is 4.71. The highest BCUT2D eigenvalue weighted by atomic mass is 16.5. The zero-order chi connectivity index (χ0) is 20.4. The van der Waals surface area contributed by atoms with Crippen molar-refractivity contribution in [3.63, 3.8) is 0 Å². The Bertz CT molecular complexity index is 1200. The maximum absolute atomic E-state index is 12.8. The van der Waals surface area contributed by atoms with Gasteiger partial charge in [-0.05, 0) is 55.0 Å². The van der Waals surface area contributed by atoms with Gasteiger partial charge in [0.25, 0.3) is 5.91 Å². The van der Waals surface area contributed by atoms with Crippen molar-refractivity contribution < 1.29 is 14.3 Å². The van der Waals surface area contributed by atoms with Crippen LogP contribution in [0.1, 0.15) is 15.9 Å². The maximum Gasteiger partial charge on any atom is 0.259 e. The molecule has 146 valence electrons. The minimum atomic E-state index is -0.275. The Morgan fingerprint density at radius 3 is 2.59 bits per heavy atom. The maximum atomic E-state index is 12.8. The number of aryl methyl sites for hydroxylation is 1. The van der Waals surface area contributed by atoms with Crippen LogP contribution in [0.15, 0.2) is 67.0 Å². The first kappa shape index (κ1) is 18.6. The second-order valence-corrected chi connectivity index (χ2v) is 6.67. The van der Waals surface area contributed by atoms with Crippen molar-refractivity contribution >= 4 is 17.2 Å². The van der Waals surface area contributed by atoms with E-state index in [1.165, 1.54) is 0 Å². The van der Waals surface area contributed by atoms with E-state index < -0.39 is 0 Å². The Labute approximate surface area is 168 Å². The number of amides is 1. The van der Waals surface area contributed by atoms with Crippen LogP contribution in [0.2, 0.25) is 0 Å². The van der Waals surface area contributed by atoms with Crippen LogP contribution in [-0.2, 0) is 0 Å². The van der Waals surface area contributed by atoms with Crippen molar-refractivity contribution in [2.75, 3.05) is 19.5 Å². The van der Waals surface area contributed by atoms with Gasteiger partial charge in [0.1, 0.15) is 17.1 Å². The minimum absolute atomic E-state index is 0.275. The summed E-state index contributed by atoms with van der Waals surface area (Å²) in [6, 6.07) is 16.8. The molecule has 0 aliphatic rings. The van der Waals surface area contributed by atoms with Crippen molar-refractivity contribution in [1.82, 2.24) is 9.38 Å². The first-order valence-corrected chi connectivity index (χ1v) is 9.17. The Balaban J connectivity index is 1.70. The van der Waals surface area contributed by atoms with E-state index in [1.807, 2.05) is 60.1 Å². The van der Waals surface area contributed by atoms with Gasteiger partial charge in [0.15, 0.2) is 0 Å². The number of nitrogens with zero attached hydrogens (tertiary/aromatic N) is 2. The van der Waals surface area contributed by atoms with Gasteiger partial charge >= 0.3 is 0 Å². The van der Waals surface area contributed by atoms with Crippen molar-refractivity contribution in [3.05, 3.63) is 78.1 Å². The molecule has 0 fully saturated rings. The second-order valence-electron chi connectivity index (χ2n) is 6.67. The Morgan fingerprint density at radius 2 is 1.79 bits per heavy atom. The monoisotopic (exact) mass is 387 g/mol. The SMILES string of the molecule is COc1ccc(-c2cn3ccc(C)cc3n2)cc1NC(=O)c1ccccc1OC. The van der Waals surface area contributed by atoms with Crippen LogP contribution in [0.3, 0.4) is 0 Å². The average Bonchev–Trinajstić information content (AvgIpc) is 3.16. The summed E-state index contributed by atoms with van der Waals surface area (Å²) >= 11 is 0. The molecule has 6 nitrogen and oxygen atoms in total. The molecule has 0 saturated carbocycles. The van der Waals surface area contributed by atoms with Gasteiger partial charge in [0.2, 0.25) is 0 Å². The molecule has 6 heteroatoms. The van der Waals surface area contributed by atoms with Crippen molar-refractivity contribution in [2.24, 2.45) is 0 Å². The molecule has 0 atom stereocenters. The van der Waals surface area contributed by atoms with Crippen molar-refractivity contribution in [2.45, 2.75) is 6.92 Å². The molecule has 0 unspecified atom stereocenters. The molecule has 29 heavy (non-hydrogen) atoms. The van der Waals surface area contributed by atoms with Crippen LogP contribution in [0, 0.1) is 6.92 Å². The second kappa shape index (κ2) is 7.67. The van der Waals surface area contributed by atoms with E-state index in [0.717, 1.165) is 22.5 Å². The number of hydrogen-bond acceptors (Lipinski definition) is 4. The number of methoxy groups -OCH3 is 2. The lowest BCUT2D eigenvalue weighted by atomic mass is 10.1. The quantitative estimate of drug-likeness (QED) is 0.544. The van der Waals surface area contributed by atoms with Crippen molar-refractivity contribution in [3.8, 4) is 22.8 Å². The number of rotatable bonds is 5. The Morgan fingerprint density at radius 1 is 1.00 bits per heavy atom. The number of carbonyl (C=O) groups is 1. The Hall–Kier alpha value is -3.80. The molecule has 0 radical (unpaired) electrons. The normalized spacial score (nSPS) is 10.7. The van der Waals surface area contributed by atoms with Gasteiger partial charge in [0.05, 0.1) is 31.2 Å². The topological polar surface area (TPSA) is 64.9 Å². The molecule has 2 heterocycles. The standard InChI is InChI=1S/C23H21N3O3/c1-15-10-11-26-14-19(24-22(26)12-15)16-8-9-21(29-3)18(13-16)25-23(27)17-6-4-5-7-20(17)28-2/h4-14H,1-3H3,(H,25,27). The van der Waals surface area contributed by atoms with E-state index in [-0.39, 0.29) is 5.91 Å². The van der Waals surface area contributed by atoms with E-state index in [9.17, 15) is 4.79 Å². The summed E-state index contributed by atoms with van der Waals surface area (Å²) in [5.74, 6) is 0.802. The van der Waals surface area contributed by atoms with Gasteiger partial charge in [-0.2, -0.15) is 0 Å². The van der Waals surface area contributed by atoms with Crippen LogP contribution in [0.5, 0.6) is 11.5 Å². The number of carbonyl (C=O) groups excluding carboxylic acids is 1. The van der Waals surface area contributed by atoms with Gasteiger partial charge in [-0.1, -0.05) is 12.1 Å². The highest BCUT2D eigenvalue weighted by Gasteiger charge is 2.15. The minimum Gasteiger partial charge on any atom is -0.496 e. The first-order valence-electron chi connectivity index (χ1n) is 9.17. The number of anilines is 1. The van der Waals surface area contributed by atoms with Crippen LogP contribution in [0.4, 0.5) is 5.69 Å². The number of fused-ring (bicyclic) bond motifs is 1. The fraction of sp³-hybridized carbons (Fsp3) is 0.130. The zero-order valence-electron chi connectivity index (χ0n) is 16.5. The third-order valence-electron chi connectivity index (χ3n) is 4.71. The van der Waals surface area contributed by atoms with Gasteiger partial charge in [0, 0.05) is 18.0 Å². The molecule has 1 amide bonds. The third kappa shape index (κ3) is 3.65. The lowest BCUT2D eigenvalue weighted by molar-refractivity contribution is 0.102. The number of benzene rings is 2. The van der Waals surface area contributed by atoms with E-state index in [0.29, 0.717) is 22.7 Å². The van der Waals surface area contributed by atoms with Gasteiger partial charge in [-0.25, -0.2) is 4.98 Å². The predicted molar refractivity (Wildman–Crippen MR) is 113 cm³/mol. The molecule has 0 spiro atoms. The number of ether oxygens (including phenoxy) is 2. The molecular weight excluding hydrogens is 366 g/mol. The van der Waals surface area contributed by atoms with Gasteiger partial charge in [-0.15, -0.1) is 0 Å². The molecule has 4 rings (SSSR count).